The van der Waals surface area contributed by atoms with Gasteiger partial charge in [-0.25, -0.2) is 8.42 Å². The number of ketones is 1. The van der Waals surface area contributed by atoms with Gasteiger partial charge in [-0.3, -0.25) is 9.59 Å². The molecule has 2 aromatic heterocycles. The van der Waals surface area contributed by atoms with Crippen LogP contribution in [-0.2, 0) is 32.5 Å². The summed E-state index contributed by atoms with van der Waals surface area (Å²) in [5.74, 6) is 6.83. The Morgan fingerprint density at radius 1 is 1.09 bits per heavy atom. The lowest BCUT2D eigenvalue weighted by atomic mass is 10.0. The Kier molecular flexibility index (Phi) is 7.60. The number of rotatable bonds is 8. The number of aromatic nitrogens is 1. The average molecular weight is 482 g/mol. The Morgan fingerprint density at radius 2 is 1.79 bits per heavy atom. The van der Waals surface area contributed by atoms with Gasteiger partial charge in [-0.1, -0.05) is 18.1 Å². The Hall–Kier alpha value is -3.41. The third-order valence-corrected chi connectivity index (χ3v) is 8.01. The summed E-state index contributed by atoms with van der Waals surface area (Å²) in [6, 6.07) is 14.4. The minimum absolute atomic E-state index is 0.0242. The van der Waals surface area contributed by atoms with Crippen molar-refractivity contribution in [3.63, 3.8) is 0 Å². The summed E-state index contributed by atoms with van der Waals surface area (Å²) in [6.07, 6.45) is 2.68. The average Bonchev–Trinajstić information content (AvgIpc) is 3.24. The number of ether oxygens (including phenoxy) is 1. The second kappa shape index (κ2) is 10.2. The maximum atomic E-state index is 12.6. The van der Waals surface area contributed by atoms with Gasteiger partial charge in [-0.15, -0.1) is 0 Å². The standard InChI is InChI=1S/C26H27NO6S/c1-19(28)26(2,34(4,30)31)14-16-27-15-13-22(17-25(27)29)21-8-5-20(6-9-21)7-10-23-11-12-24(33-23)18-32-3/h5-6,8-9,11-13,15,17H,14,16,18H2,1-4H3. The molecule has 0 bridgehead atoms. The van der Waals surface area contributed by atoms with Crippen molar-refractivity contribution in [2.75, 3.05) is 13.4 Å². The van der Waals surface area contributed by atoms with Gasteiger partial charge in [-0.05, 0) is 67.6 Å². The van der Waals surface area contributed by atoms with E-state index in [-0.39, 0.29) is 18.5 Å². The van der Waals surface area contributed by atoms with Crippen molar-refractivity contribution in [1.29, 1.82) is 0 Å². The van der Waals surface area contributed by atoms with Gasteiger partial charge in [0.2, 0.25) is 0 Å². The molecule has 1 atom stereocenters. The minimum Gasteiger partial charge on any atom is -0.450 e. The maximum Gasteiger partial charge on any atom is 0.251 e. The number of benzene rings is 1. The molecule has 0 aliphatic rings. The summed E-state index contributed by atoms with van der Waals surface area (Å²) < 4.78 is 34.6. The fraction of sp³-hybridized carbons (Fsp3) is 0.308. The molecule has 7 nitrogen and oxygen atoms in total. The lowest BCUT2D eigenvalue weighted by Crippen LogP contribution is -2.43. The van der Waals surface area contributed by atoms with Crippen LogP contribution >= 0.6 is 0 Å². The molecule has 1 unspecified atom stereocenters. The molecule has 0 radical (unpaired) electrons. The van der Waals surface area contributed by atoms with Gasteiger partial charge < -0.3 is 13.7 Å². The molecule has 0 saturated heterocycles. The molecule has 34 heavy (non-hydrogen) atoms. The number of sulfone groups is 1. The Balaban J connectivity index is 1.73. The summed E-state index contributed by atoms with van der Waals surface area (Å²) in [5, 5.41) is 0. The van der Waals surface area contributed by atoms with Gasteiger partial charge in [-0.2, -0.15) is 0 Å². The monoisotopic (exact) mass is 481 g/mol. The number of Topliss-reactive ketones (excluding diaryl/α,β-unsaturated/α-hetero) is 1. The van der Waals surface area contributed by atoms with Crippen LogP contribution in [-0.4, -0.2) is 36.9 Å². The minimum atomic E-state index is -3.61. The Bertz CT molecular complexity index is 1400. The van der Waals surface area contributed by atoms with Gasteiger partial charge in [0.25, 0.3) is 5.56 Å². The molecular formula is C26H27NO6S. The smallest absolute Gasteiger partial charge is 0.251 e. The van der Waals surface area contributed by atoms with E-state index in [1.165, 1.54) is 24.5 Å². The van der Waals surface area contributed by atoms with Crippen LogP contribution in [0.3, 0.4) is 0 Å². The first-order chi connectivity index (χ1) is 16.0. The first-order valence-corrected chi connectivity index (χ1v) is 12.5. The highest BCUT2D eigenvalue weighted by molar-refractivity contribution is 7.92. The second-order valence-corrected chi connectivity index (χ2v) is 10.7. The number of hydrogen-bond acceptors (Lipinski definition) is 6. The molecule has 0 spiro atoms. The SMILES string of the molecule is COCc1ccc(C#Cc2ccc(-c3ccn(CCC(C)(C(C)=O)S(C)(=O)=O)c(=O)c3)cc2)o1. The number of methoxy groups -OCH3 is 1. The fourth-order valence-corrected chi connectivity index (χ4v) is 4.36. The highest BCUT2D eigenvalue weighted by Crippen LogP contribution is 2.23. The van der Waals surface area contributed by atoms with E-state index in [1.807, 2.05) is 30.3 Å². The van der Waals surface area contributed by atoms with Crippen molar-refractivity contribution < 1.29 is 22.4 Å². The number of carbonyl (C=O) groups excluding carboxylic acids is 1. The molecule has 0 aliphatic carbocycles. The van der Waals surface area contributed by atoms with E-state index in [4.69, 9.17) is 9.15 Å². The summed E-state index contributed by atoms with van der Waals surface area (Å²) in [7, 11) is -2.02. The van der Waals surface area contributed by atoms with Crippen molar-refractivity contribution >= 4 is 15.6 Å². The third-order valence-electron chi connectivity index (χ3n) is 5.89. The van der Waals surface area contributed by atoms with Gasteiger partial charge >= 0.3 is 0 Å². The van der Waals surface area contributed by atoms with E-state index in [0.717, 1.165) is 22.9 Å². The summed E-state index contributed by atoms with van der Waals surface area (Å²) >= 11 is 0. The molecule has 3 aromatic rings. The number of nitrogens with zero attached hydrogens (tertiary/aromatic N) is 1. The number of carbonyl (C=O) groups is 1. The Labute approximate surface area is 199 Å². The predicted octanol–water partition coefficient (Wildman–Crippen LogP) is 3.44. The van der Waals surface area contributed by atoms with Gasteiger partial charge in [0.05, 0.1) is 0 Å². The van der Waals surface area contributed by atoms with Crippen LogP contribution in [0, 0.1) is 11.8 Å². The lowest BCUT2D eigenvalue weighted by molar-refractivity contribution is -0.119. The molecule has 0 aliphatic heterocycles. The molecule has 0 N–H and O–H groups in total. The fourth-order valence-electron chi connectivity index (χ4n) is 3.37. The molecule has 0 saturated carbocycles. The molecule has 3 rings (SSSR count). The number of aryl methyl sites for hydroxylation is 1. The Morgan fingerprint density at radius 3 is 2.38 bits per heavy atom. The van der Waals surface area contributed by atoms with Crippen molar-refractivity contribution in [2.45, 2.75) is 38.2 Å². The van der Waals surface area contributed by atoms with Crippen LogP contribution in [0.1, 0.15) is 37.4 Å². The summed E-state index contributed by atoms with van der Waals surface area (Å²) in [6.45, 7) is 3.17. The normalized spacial score (nSPS) is 13.1. The van der Waals surface area contributed by atoms with E-state index < -0.39 is 20.4 Å². The van der Waals surface area contributed by atoms with Crippen molar-refractivity contribution in [2.24, 2.45) is 0 Å². The molecule has 0 fully saturated rings. The summed E-state index contributed by atoms with van der Waals surface area (Å²) in [5.41, 5.74) is 2.10. The van der Waals surface area contributed by atoms with Crippen LogP contribution < -0.4 is 5.56 Å². The number of hydrogen-bond donors (Lipinski definition) is 0. The highest BCUT2D eigenvalue weighted by Gasteiger charge is 2.40. The van der Waals surface area contributed by atoms with Crippen LogP contribution in [0.5, 0.6) is 0 Å². The van der Waals surface area contributed by atoms with E-state index in [0.29, 0.717) is 18.1 Å². The molecule has 8 heteroatoms. The van der Waals surface area contributed by atoms with Gasteiger partial charge in [0, 0.05) is 37.7 Å². The van der Waals surface area contributed by atoms with Crippen LogP contribution in [0.25, 0.3) is 11.1 Å². The molecule has 178 valence electrons. The molecular weight excluding hydrogens is 454 g/mol. The number of furan rings is 1. The van der Waals surface area contributed by atoms with Crippen LogP contribution in [0.4, 0.5) is 0 Å². The summed E-state index contributed by atoms with van der Waals surface area (Å²) in [4.78, 5) is 24.6. The van der Waals surface area contributed by atoms with E-state index >= 15 is 0 Å². The van der Waals surface area contributed by atoms with E-state index in [2.05, 4.69) is 11.8 Å². The predicted molar refractivity (Wildman–Crippen MR) is 130 cm³/mol. The van der Waals surface area contributed by atoms with Gasteiger partial charge in [0.1, 0.15) is 17.1 Å². The topological polar surface area (TPSA) is 95.6 Å². The third kappa shape index (κ3) is 5.74. The molecule has 1 aromatic carbocycles. The molecule has 0 amide bonds. The van der Waals surface area contributed by atoms with Gasteiger partial charge in [0.15, 0.2) is 21.4 Å². The molecule has 2 heterocycles. The highest BCUT2D eigenvalue weighted by atomic mass is 32.2. The maximum absolute atomic E-state index is 12.6. The van der Waals surface area contributed by atoms with Crippen molar-refractivity contribution in [3.05, 3.63) is 82.2 Å². The zero-order chi connectivity index (χ0) is 24.9. The number of pyridine rings is 1. The quantitative estimate of drug-likeness (QED) is 0.458. The first-order valence-electron chi connectivity index (χ1n) is 10.6. The van der Waals surface area contributed by atoms with E-state index in [1.54, 1.807) is 25.4 Å². The van der Waals surface area contributed by atoms with Crippen LogP contribution in [0.2, 0.25) is 0 Å². The van der Waals surface area contributed by atoms with Crippen LogP contribution in [0.15, 0.2) is 63.9 Å². The lowest BCUT2D eigenvalue weighted by Gasteiger charge is -2.24. The second-order valence-electron chi connectivity index (χ2n) is 8.28. The first kappa shape index (κ1) is 25.2. The van der Waals surface area contributed by atoms with E-state index in [9.17, 15) is 18.0 Å². The van der Waals surface area contributed by atoms with Crippen molar-refractivity contribution in [3.8, 4) is 23.0 Å². The zero-order valence-corrected chi connectivity index (χ0v) is 20.4. The van der Waals surface area contributed by atoms with Crippen molar-refractivity contribution in [1.82, 2.24) is 4.57 Å². The largest absolute Gasteiger partial charge is 0.450 e. The zero-order valence-electron chi connectivity index (χ0n) is 19.6.